The highest BCUT2D eigenvalue weighted by Gasteiger charge is 2.38. The smallest absolute Gasteiger partial charge is 0.322 e. The number of esters is 1. The SMILES string of the molecule is COC(=O)CCCS(=O)(=O)N1CSCC1C(=O)O. The number of carbonyl (C=O) groups is 2. The molecule has 7 nitrogen and oxygen atoms in total. The number of carbonyl (C=O) groups excluding carboxylic acids is 1. The molecule has 0 spiro atoms. The predicted molar refractivity (Wildman–Crippen MR) is 65.6 cm³/mol. The normalized spacial score (nSPS) is 20.8. The summed E-state index contributed by atoms with van der Waals surface area (Å²) in [5, 5.41) is 8.91. The standard InChI is InChI=1S/C9H15NO6S2/c1-16-8(11)3-2-4-18(14,15)10-6-17-5-7(10)9(12)13/h7H,2-6H2,1H3,(H,12,13). The maximum atomic E-state index is 11.9. The van der Waals surface area contributed by atoms with Crippen LogP contribution in [0.2, 0.25) is 0 Å². The number of sulfonamides is 1. The second-order valence-corrected chi connectivity index (χ2v) is 6.78. The van der Waals surface area contributed by atoms with Crippen molar-refractivity contribution in [1.29, 1.82) is 0 Å². The lowest BCUT2D eigenvalue weighted by atomic mass is 10.3. The zero-order valence-electron chi connectivity index (χ0n) is 9.87. The monoisotopic (exact) mass is 297 g/mol. The van der Waals surface area contributed by atoms with Crippen LogP contribution in [0.3, 0.4) is 0 Å². The number of thioether (sulfide) groups is 1. The maximum Gasteiger partial charge on any atom is 0.322 e. The minimum atomic E-state index is -3.63. The minimum absolute atomic E-state index is 0.00838. The summed E-state index contributed by atoms with van der Waals surface area (Å²) in [6, 6.07) is -1.00. The minimum Gasteiger partial charge on any atom is -0.480 e. The second kappa shape index (κ2) is 6.39. The number of carboxylic acids is 1. The number of methoxy groups -OCH3 is 1. The van der Waals surface area contributed by atoms with Crippen molar-refractivity contribution in [2.45, 2.75) is 18.9 Å². The summed E-state index contributed by atoms with van der Waals surface area (Å²) in [7, 11) is -2.40. The van der Waals surface area contributed by atoms with Gasteiger partial charge >= 0.3 is 11.9 Å². The lowest BCUT2D eigenvalue weighted by molar-refractivity contribution is -0.141. The molecule has 1 heterocycles. The van der Waals surface area contributed by atoms with Crippen molar-refractivity contribution in [3.8, 4) is 0 Å². The summed E-state index contributed by atoms with van der Waals surface area (Å²) >= 11 is 1.26. The van der Waals surface area contributed by atoms with Crippen LogP contribution < -0.4 is 0 Å². The zero-order chi connectivity index (χ0) is 13.8. The Morgan fingerprint density at radius 1 is 1.50 bits per heavy atom. The number of hydrogen-bond donors (Lipinski definition) is 1. The Labute approximate surface area is 110 Å². The Bertz CT molecular complexity index is 421. The Morgan fingerprint density at radius 3 is 2.72 bits per heavy atom. The summed E-state index contributed by atoms with van der Waals surface area (Å²) in [6.07, 6.45) is 0.136. The highest BCUT2D eigenvalue weighted by molar-refractivity contribution is 8.00. The fourth-order valence-electron chi connectivity index (χ4n) is 1.51. The van der Waals surface area contributed by atoms with E-state index in [4.69, 9.17) is 5.11 Å². The summed E-state index contributed by atoms with van der Waals surface area (Å²) in [5.41, 5.74) is 0. The van der Waals surface area contributed by atoms with Gasteiger partial charge in [-0.2, -0.15) is 4.31 Å². The first-order valence-corrected chi connectivity index (χ1v) is 8.01. The number of hydrogen-bond acceptors (Lipinski definition) is 6. The molecule has 0 aromatic carbocycles. The van der Waals surface area contributed by atoms with E-state index in [1.807, 2.05) is 0 Å². The van der Waals surface area contributed by atoms with Gasteiger partial charge in [-0.05, 0) is 6.42 Å². The summed E-state index contributed by atoms with van der Waals surface area (Å²) in [4.78, 5) is 21.8. The van der Waals surface area contributed by atoms with E-state index in [9.17, 15) is 18.0 Å². The van der Waals surface area contributed by atoms with Gasteiger partial charge < -0.3 is 9.84 Å². The average Bonchev–Trinajstić information content (AvgIpc) is 2.78. The fraction of sp³-hybridized carbons (Fsp3) is 0.778. The van der Waals surface area contributed by atoms with Crippen LogP contribution >= 0.6 is 11.8 Å². The molecule has 0 radical (unpaired) electrons. The molecule has 1 unspecified atom stereocenters. The van der Waals surface area contributed by atoms with Gasteiger partial charge in [0.25, 0.3) is 0 Å². The Kier molecular flexibility index (Phi) is 5.42. The topological polar surface area (TPSA) is 101 Å². The van der Waals surface area contributed by atoms with Gasteiger partial charge in [0.05, 0.1) is 18.7 Å². The summed E-state index contributed by atoms with van der Waals surface area (Å²) in [5.74, 6) is -1.46. The third-order valence-corrected chi connectivity index (χ3v) is 5.57. The molecule has 1 rings (SSSR count). The van der Waals surface area contributed by atoms with Crippen molar-refractivity contribution in [2.24, 2.45) is 0 Å². The number of ether oxygens (including phenoxy) is 1. The molecule has 9 heteroatoms. The Hall–Kier alpha value is -0.800. The van der Waals surface area contributed by atoms with Crippen molar-refractivity contribution in [1.82, 2.24) is 4.31 Å². The fourth-order valence-corrected chi connectivity index (χ4v) is 4.78. The third kappa shape index (κ3) is 3.85. The molecule has 1 aliphatic heterocycles. The van der Waals surface area contributed by atoms with Crippen LogP contribution in [0.1, 0.15) is 12.8 Å². The number of carboxylic acid groups (broad SMARTS) is 1. The number of nitrogens with zero attached hydrogens (tertiary/aromatic N) is 1. The molecule has 0 saturated carbocycles. The van der Waals surface area contributed by atoms with Gasteiger partial charge in [-0.25, -0.2) is 8.42 Å². The number of aliphatic carboxylic acids is 1. The number of rotatable bonds is 6. The molecule has 0 bridgehead atoms. The maximum absolute atomic E-state index is 11.9. The van der Waals surface area contributed by atoms with Crippen molar-refractivity contribution < 1.29 is 27.9 Å². The van der Waals surface area contributed by atoms with Crippen molar-refractivity contribution >= 4 is 33.7 Å². The van der Waals surface area contributed by atoms with E-state index < -0.39 is 28.0 Å². The molecule has 0 amide bonds. The molecule has 1 atom stereocenters. The summed E-state index contributed by atoms with van der Waals surface area (Å²) < 4.78 is 29.2. The van der Waals surface area contributed by atoms with Crippen LogP contribution in [0.5, 0.6) is 0 Å². The molecule has 1 fully saturated rings. The molecule has 1 saturated heterocycles. The third-order valence-electron chi connectivity index (χ3n) is 2.50. The Balaban J connectivity index is 2.58. The first kappa shape index (κ1) is 15.3. The molecule has 104 valence electrons. The van der Waals surface area contributed by atoms with Gasteiger partial charge in [-0.15, -0.1) is 11.8 Å². The zero-order valence-corrected chi connectivity index (χ0v) is 11.5. The van der Waals surface area contributed by atoms with E-state index in [2.05, 4.69) is 4.74 Å². The van der Waals surface area contributed by atoms with E-state index in [0.717, 1.165) is 4.31 Å². The summed E-state index contributed by atoms with van der Waals surface area (Å²) in [6.45, 7) is 0. The van der Waals surface area contributed by atoms with Crippen LogP contribution in [0.15, 0.2) is 0 Å². The van der Waals surface area contributed by atoms with Crippen LogP contribution in [-0.2, 0) is 24.3 Å². The lowest BCUT2D eigenvalue weighted by Gasteiger charge is -2.19. The highest BCUT2D eigenvalue weighted by atomic mass is 32.2. The lowest BCUT2D eigenvalue weighted by Crippen LogP contribution is -2.42. The molecular weight excluding hydrogens is 282 g/mol. The highest BCUT2D eigenvalue weighted by Crippen LogP contribution is 2.25. The van der Waals surface area contributed by atoms with E-state index in [1.165, 1.54) is 18.9 Å². The van der Waals surface area contributed by atoms with E-state index >= 15 is 0 Å². The van der Waals surface area contributed by atoms with Gasteiger partial charge in [-0.1, -0.05) is 0 Å². The van der Waals surface area contributed by atoms with Crippen LogP contribution in [-0.4, -0.2) is 60.3 Å². The molecule has 0 aromatic rings. The first-order chi connectivity index (χ1) is 8.38. The van der Waals surface area contributed by atoms with Crippen LogP contribution in [0.25, 0.3) is 0 Å². The quantitative estimate of drug-likeness (QED) is 0.673. The van der Waals surface area contributed by atoms with E-state index in [1.54, 1.807) is 0 Å². The van der Waals surface area contributed by atoms with Gasteiger partial charge in [0.1, 0.15) is 6.04 Å². The second-order valence-electron chi connectivity index (χ2n) is 3.74. The first-order valence-electron chi connectivity index (χ1n) is 5.25. The van der Waals surface area contributed by atoms with Gasteiger partial charge in [0.15, 0.2) is 0 Å². The van der Waals surface area contributed by atoms with Crippen molar-refractivity contribution in [2.75, 3.05) is 24.5 Å². The largest absolute Gasteiger partial charge is 0.480 e. The van der Waals surface area contributed by atoms with Crippen molar-refractivity contribution in [3.05, 3.63) is 0 Å². The van der Waals surface area contributed by atoms with Gasteiger partial charge in [0.2, 0.25) is 10.0 Å². The van der Waals surface area contributed by atoms with E-state index in [-0.39, 0.29) is 30.2 Å². The molecule has 1 N–H and O–H groups in total. The Morgan fingerprint density at radius 2 is 2.17 bits per heavy atom. The van der Waals surface area contributed by atoms with Gasteiger partial charge in [-0.3, -0.25) is 9.59 Å². The van der Waals surface area contributed by atoms with Crippen LogP contribution in [0, 0.1) is 0 Å². The van der Waals surface area contributed by atoms with Crippen LogP contribution in [0.4, 0.5) is 0 Å². The average molecular weight is 297 g/mol. The van der Waals surface area contributed by atoms with Gasteiger partial charge in [0, 0.05) is 12.2 Å². The molecule has 1 aliphatic rings. The predicted octanol–water partition coefficient (Wildman–Crippen LogP) is -0.271. The molecule has 0 aromatic heterocycles. The van der Waals surface area contributed by atoms with Crippen molar-refractivity contribution in [3.63, 3.8) is 0 Å². The molecular formula is C9H15NO6S2. The van der Waals surface area contributed by atoms with E-state index in [0.29, 0.717) is 0 Å². The molecule has 18 heavy (non-hydrogen) atoms. The molecule has 0 aliphatic carbocycles.